The van der Waals surface area contributed by atoms with E-state index in [0.29, 0.717) is 24.1 Å². The predicted octanol–water partition coefficient (Wildman–Crippen LogP) is 3.70. The van der Waals surface area contributed by atoms with E-state index in [2.05, 4.69) is 5.32 Å². The van der Waals surface area contributed by atoms with Gasteiger partial charge in [0.15, 0.2) is 9.84 Å². The number of amides is 1. The fourth-order valence-electron chi connectivity index (χ4n) is 3.77. The molecule has 1 aromatic heterocycles. The monoisotopic (exact) mass is 464 g/mol. The number of nitrogens with one attached hydrogen (secondary N) is 1. The largest absolute Gasteiger partial charge is 0.376 e. The summed E-state index contributed by atoms with van der Waals surface area (Å²) in [6.45, 7) is 1.09. The van der Waals surface area contributed by atoms with E-state index in [1.165, 1.54) is 24.4 Å². The van der Waals surface area contributed by atoms with Gasteiger partial charge in [0.2, 0.25) is 5.91 Å². The lowest BCUT2D eigenvalue weighted by atomic mass is 10.2. The van der Waals surface area contributed by atoms with Crippen LogP contribution >= 0.6 is 11.6 Å². The average molecular weight is 465 g/mol. The van der Waals surface area contributed by atoms with Gasteiger partial charge in [0.05, 0.1) is 16.8 Å². The normalized spacial score (nSPS) is 16.6. The van der Waals surface area contributed by atoms with Crippen molar-refractivity contribution in [1.29, 1.82) is 0 Å². The first-order valence-electron chi connectivity index (χ1n) is 9.97. The minimum Gasteiger partial charge on any atom is -0.376 e. The van der Waals surface area contributed by atoms with Crippen molar-refractivity contribution in [2.75, 3.05) is 13.2 Å². The van der Waals surface area contributed by atoms with E-state index in [-0.39, 0.29) is 34.0 Å². The van der Waals surface area contributed by atoms with Gasteiger partial charge in [-0.2, -0.15) is 0 Å². The summed E-state index contributed by atoms with van der Waals surface area (Å²) in [4.78, 5) is 12.5. The summed E-state index contributed by atoms with van der Waals surface area (Å²) in [5.41, 5.74) is 0.531. The van der Waals surface area contributed by atoms with Gasteiger partial charge in [-0.3, -0.25) is 4.79 Å². The standard InChI is InChI=1S/C22H22ClFN2O4S/c23-18-7-3-8-19(24)17(18)14-31(28,29)21-12-26(20-9-2-1-6-16(20)21)13-22(27)25-11-15-5-4-10-30-15/h1-3,6-9,12,15H,4-5,10-11,13-14H2,(H,25,27). The molecule has 31 heavy (non-hydrogen) atoms. The van der Waals surface area contributed by atoms with Gasteiger partial charge in [0.25, 0.3) is 0 Å². The fraction of sp³-hybridized carbons (Fsp3) is 0.318. The molecule has 1 N–H and O–H groups in total. The van der Waals surface area contributed by atoms with Crippen molar-refractivity contribution in [2.24, 2.45) is 0 Å². The van der Waals surface area contributed by atoms with Crippen LogP contribution in [0.2, 0.25) is 5.02 Å². The van der Waals surface area contributed by atoms with Crippen molar-refractivity contribution in [1.82, 2.24) is 9.88 Å². The maximum Gasteiger partial charge on any atom is 0.240 e. The molecule has 9 heteroatoms. The average Bonchev–Trinajstić information content (AvgIpc) is 3.38. The van der Waals surface area contributed by atoms with E-state index in [9.17, 15) is 17.6 Å². The van der Waals surface area contributed by atoms with Crippen molar-refractivity contribution in [3.05, 3.63) is 65.1 Å². The third-order valence-corrected chi connectivity index (χ3v) is 7.37. The summed E-state index contributed by atoms with van der Waals surface area (Å²) in [6.07, 6.45) is 3.34. The Balaban J connectivity index is 1.60. The van der Waals surface area contributed by atoms with Crippen LogP contribution in [0.5, 0.6) is 0 Å². The summed E-state index contributed by atoms with van der Waals surface area (Å²) in [5, 5.41) is 3.37. The van der Waals surface area contributed by atoms with Gasteiger partial charge in [0, 0.05) is 40.8 Å². The van der Waals surface area contributed by atoms with Gasteiger partial charge >= 0.3 is 0 Å². The van der Waals surface area contributed by atoms with Gasteiger partial charge in [-0.15, -0.1) is 0 Å². The van der Waals surface area contributed by atoms with Crippen molar-refractivity contribution in [3.8, 4) is 0 Å². The van der Waals surface area contributed by atoms with Crippen LogP contribution in [0.1, 0.15) is 18.4 Å². The zero-order valence-electron chi connectivity index (χ0n) is 16.7. The second-order valence-corrected chi connectivity index (χ2v) is 9.90. The molecule has 1 fully saturated rings. The van der Waals surface area contributed by atoms with E-state index in [4.69, 9.17) is 16.3 Å². The Morgan fingerprint density at radius 2 is 2.03 bits per heavy atom. The molecule has 1 aliphatic rings. The summed E-state index contributed by atoms with van der Waals surface area (Å²) < 4.78 is 47.6. The third kappa shape index (κ3) is 4.76. The number of benzene rings is 2. The molecule has 0 aliphatic carbocycles. The molecule has 2 heterocycles. The molecule has 1 amide bonds. The van der Waals surface area contributed by atoms with E-state index in [0.717, 1.165) is 12.8 Å². The Bertz CT molecular complexity index is 1200. The number of carbonyl (C=O) groups excluding carboxylic acids is 1. The second kappa shape index (κ2) is 8.98. The number of sulfone groups is 1. The molecule has 0 saturated carbocycles. The van der Waals surface area contributed by atoms with E-state index >= 15 is 0 Å². The first kappa shape index (κ1) is 21.8. The number of aromatic nitrogens is 1. The maximum atomic E-state index is 14.2. The minimum absolute atomic E-state index is 0.0202. The van der Waals surface area contributed by atoms with Crippen LogP contribution in [0, 0.1) is 5.82 Å². The molecule has 1 aliphatic heterocycles. The number of halogens is 2. The highest BCUT2D eigenvalue weighted by Crippen LogP contribution is 2.30. The molecule has 1 saturated heterocycles. The molecule has 0 spiro atoms. The highest BCUT2D eigenvalue weighted by molar-refractivity contribution is 7.90. The molecule has 4 rings (SSSR count). The molecule has 164 valence electrons. The second-order valence-electron chi connectivity index (χ2n) is 7.54. The van der Waals surface area contributed by atoms with Crippen LogP contribution < -0.4 is 5.32 Å². The van der Waals surface area contributed by atoms with Gasteiger partial charge in [0.1, 0.15) is 12.4 Å². The topological polar surface area (TPSA) is 77.4 Å². The summed E-state index contributed by atoms with van der Waals surface area (Å²) in [6, 6.07) is 11.0. The van der Waals surface area contributed by atoms with Crippen molar-refractivity contribution in [3.63, 3.8) is 0 Å². The molecule has 2 aromatic carbocycles. The van der Waals surface area contributed by atoms with Crippen LogP contribution in [0.15, 0.2) is 53.6 Å². The summed E-state index contributed by atoms with van der Waals surface area (Å²) >= 11 is 6.03. The molecule has 1 unspecified atom stereocenters. The highest BCUT2D eigenvalue weighted by atomic mass is 35.5. The quantitative estimate of drug-likeness (QED) is 0.578. The SMILES string of the molecule is O=C(Cn1cc(S(=O)(=O)Cc2c(F)cccc2Cl)c2ccccc21)NCC1CCCO1. The summed E-state index contributed by atoms with van der Waals surface area (Å²) in [5.74, 6) is -1.48. The van der Waals surface area contributed by atoms with E-state index < -0.39 is 21.4 Å². The van der Waals surface area contributed by atoms with Crippen molar-refractivity contribution >= 4 is 38.2 Å². The lowest BCUT2D eigenvalue weighted by molar-refractivity contribution is -0.122. The number of carbonyl (C=O) groups is 1. The van der Waals surface area contributed by atoms with Gasteiger partial charge < -0.3 is 14.6 Å². The number of rotatable bonds is 7. The van der Waals surface area contributed by atoms with Crippen LogP contribution in [-0.2, 0) is 31.7 Å². The van der Waals surface area contributed by atoms with Crippen LogP contribution in [0.4, 0.5) is 4.39 Å². The first-order chi connectivity index (χ1) is 14.8. The smallest absolute Gasteiger partial charge is 0.240 e. The minimum atomic E-state index is -3.92. The third-order valence-electron chi connectivity index (χ3n) is 5.35. The fourth-order valence-corrected chi connectivity index (χ4v) is 5.71. The molecule has 6 nitrogen and oxygen atoms in total. The number of fused-ring (bicyclic) bond motifs is 1. The molecule has 3 aromatic rings. The van der Waals surface area contributed by atoms with Crippen LogP contribution in [0.3, 0.4) is 0 Å². The van der Waals surface area contributed by atoms with Gasteiger partial charge in [-0.1, -0.05) is 35.9 Å². The predicted molar refractivity (Wildman–Crippen MR) is 116 cm³/mol. The number of nitrogens with zero attached hydrogens (tertiary/aromatic N) is 1. The first-order valence-corrected chi connectivity index (χ1v) is 12.0. The molecule has 0 bridgehead atoms. The van der Waals surface area contributed by atoms with E-state index in [1.807, 2.05) is 0 Å². The zero-order valence-corrected chi connectivity index (χ0v) is 18.3. The Kier molecular flexibility index (Phi) is 6.31. The van der Waals surface area contributed by atoms with Gasteiger partial charge in [-0.25, -0.2) is 12.8 Å². The molecule has 0 radical (unpaired) electrons. The maximum absolute atomic E-state index is 14.2. The Labute approximate surface area is 184 Å². The molecular weight excluding hydrogens is 443 g/mol. The number of ether oxygens (including phenoxy) is 1. The van der Waals surface area contributed by atoms with Crippen LogP contribution in [0.25, 0.3) is 10.9 Å². The zero-order chi connectivity index (χ0) is 22.0. The Morgan fingerprint density at radius 1 is 1.23 bits per heavy atom. The van der Waals surface area contributed by atoms with Gasteiger partial charge in [-0.05, 0) is 31.0 Å². The molecular formula is C22H22ClFN2O4S. The van der Waals surface area contributed by atoms with Crippen LogP contribution in [-0.4, -0.2) is 38.1 Å². The lowest BCUT2D eigenvalue weighted by Crippen LogP contribution is -2.34. The highest BCUT2D eigenvalue weighted by Gasteiger charge is 2.25. The van der Waals surface area contributed by atoms with Crippen molar-refractivity contribution < 1.29 is 22.3 Å². The Hall–Kier alpha value is -2.42. The lowest BCUT2D eigenvalue weighted by Gasteiger charge is -2.11. The Morgan fingerprint density at radius 3 is 2.77 bits per heavy atom. The number of para-hydroxylation sites is 1. The number of hydrogen-bond donors (Lipinski definition) is 1. The summed E-state index contributed by atoms with van der Waals surface area (Å²) in [7, 11) is -3.92. The molecule has 1 atom stereocenters. The van der Waals surface area contributed by atoms with Crippen molar-refractivity contribution in [2.45, 2.75) is 36.1 Å². The number of hydrogen-bond acceptors (Lipinski definition) is 4. The van der Waals surface area contributed by atoms with E-state index in [1.54, 1.807) is 28.8 Å².